The molecule has 0 bridgehead atoms. The molecule has 1 aliphatic rings. The van der Waals surface area contributed by atoms with Crippen LogP contribution in [0, 0.1) is 10.1 Å². The van der Waals surface area contributed by atoms with E-state index in [2.05, 4.69) is 10.3 Å². The zero-order chi connectivity index (χ0) is 13.0. The molecule has 1 aliphatic carbocycles. The van der Waals surface area contributed by atoms with Gasteiger partial charge in [0.1, 0.15) is 0 Å². The van der Waals surface area contributed by atoms with E-state index in [-0.39, 0.29) is 17.8 Å². The van der Waals surface area contributed by atoms with E-state index >= 15 is 0 Å². The van der Waals surface area contributed by atoms with Gasteiger partial charge in [-0.15, -0.1) is 0 Å². The molecular weight excluding hydrogens is 234 g/mol. The number of methoxy groups -OCH3 is 1. The molecule has 0 radical (unpaired) electrons. The molecule has 0 aliphatic heterocycles. The number of nitrogens with one attached hydrogen (secondary N) is 1. The largest absolute Gasteiger partial charge is 0.379 e. The van der Waals surface area contributed by atoms with E-state index in [1.807, 2.05) is 0 Å². The molecule has 18 heavy (non-hydrogen) atoms. The first kappa shape index (κ1) is 12.8. The van der Waals surface area contributed by atoms with Gasteiger partial charge in [-0.05, 0) is 18.9 Å². The molecule has 0 saturated heterocycles. The minimum Gasteiger partial charge on any atom is -0.379 e. The summed E-state index contributed by atoms with van der Waals surface area (Å²) >= 11 is 0. The fraction of sp³-hybridized carbons (Fsp3) is 0.583. The second kappa shape index (κ2) is 5.77. The number of hydrogen-bond acceptors (Lipinski definition) is 5. The van der Waals surface area contributed by atoms with E-state index in [1.54, 1.807) is 19.4 Å². The summed E-state index contributed by atoms with van der Waals surface area (Å²) in [7, 11) is 1.68. The highest BCUT2D eigenvalue weighted by molar-refractivity contribution is 5.55. The third-order valence-corrected chi connectivity index (χ3v) is 3.31. The van der Waals surface area contributed by atoms with Crippen molar-refractivity contribution in [3.05, 3.63) is 28.4 Å². The Bertz CT molecular complexity index is 425. The van der Waals surface area contributed by atoms with Crippen LogP contribution in [0.4, 0.5) is 11.5 Å². The van der Waals surface area contributed by atoms with Gasteiger partial charge in [-0.25, -0.2) is 4.98 Å². The average Bonchev–Trinajstić information content (AvgIpc) is 2.40. The van der Waals surface area contributed by atoms with Crippen LogP contribution in [0.1, 0.15) is 25.7 Å². The number of pyridine rings is 1. The molecule has 1 fully saturated rings. The lowest BCUT2D eigenvalue weighted by atomic mass is 9.92. The topological polar surface area (TPSA) is 77.3 Å². The molecule has 6 heteroatoms. The Morgan fingerprint density at radius 2 is 2.28 bits per heavy atom. The Kier molecular flexibility index (Phi) is 4.09. The quantitative estimate of drug-likeness (QED) is 0.656. The minimum absolute atomic E-state index is 0.0120. The van der Waals surface area contributed by atoms with Gasteiger partial charge in [-0.2, -0.15) is 0 Å². The maximum absolute atomic E-state index is 10.9. The van der Waals surface area contributed by atoms with Gasteiger partial charge in [0.15, 0.2) is 0 Å². The Balaban J connectivity index is 2.15. The number of ether oxygens (including phenoxy) is 1. The highest BCUT2D eigenvalue weighted by Gasteiger charge is 2.27. The zero-order valence-corrected chi connectivity index (χ0v) is 10.3. The van der Waals surface area contributed by atoms with Crippen LogP contribution in [-0.2, 0) is 4.74 Å². The number of hydrogen-bond donors (Lipinski definition) is 1. The van der Waals surface area contributed by atoms with Gasteiger partial charge >= 0.3 is 5.69 Å². The van der Waals surface area contributed by atoms with Crippen LogP contribution < -0.4 is 5.32 Å². The van der Waals surface area contributed by atoms with Crippen LogP contribution in [-0.4, -0.2) is 29.2 Å². The average molecular weight is 251 g/mol. The van der Waals surface area contributed by atoms with Crippen LogP contribution in [0.25, 0.3) is 0 Å². The van der Waals surface area contributed by atoms with Gasteiger partial charge in [0.05, 0.1) is 17.1 Å². The molecule has 0 spiro atoms. The maximum Gasteiger partial charge on any atom is 0.311 e. The molecule has 1 N–H and O–H groups in total. The van der Waals surface area contributed by atoms with Crippen molar-refractivity contribution in [2.45, 2.75) is 37.8 Å². The first-order chi connectivity index (χ1) is 8.72. The van der Waals surface area contributed by atoms with Gasteiger partial charge in [0.25, 0.3) is 0 Å². The third kappa shape index (κ3) is 2.76. The highest BCUT2D eigenvalue weighted by Crippen LogP contribution is 2.27. The Morgan fingerprint density at radius 1 is 1.50 bits per heavy atom. The first-order valence-electron chi connectivity index (χ1n) is 6.11. The van der Waals surface area contributed by atoms with Crippen molar-refractivity contribution in [1.29, 1.82) is 0 Å². The number of aromatic nitrogens is 1. The summed E-state index contributed by atoms with van der Waals surface area (Å²) in [4.78, 5) is 14.5. The molecule has 0 aromatic carbocycles. The maximum atomic E-state index is 10.9. The standard InChI is InChI=1S/C12H17N3O3/c1-18-11-7-3-2-5-9(11)14-12-10(15(16)17)6-4-8-13-12/h4,6,8-9,11H,2-3,5,7H2,1H3,(H,13,14)/t9-,11-/m1/s1. The van der Waals surface area contributed by atoms with Crippen molar-refractivity contribution in [2.75, 3.05) is 12.4 Å². The van der Waals surface area contributed by atoms with Crippen molar-refractivity contribution >= 4 is 11.5 Å². The van der Waals surface area contributed by atoms with E-state index in [9.17, 15) is 10.1 Å². The van der Waals surface area contributed by atoms with Crippen LogP contribution in [0.5, 0.6) is 0 Å². The molecule has 1 heterocycles. The van der Waals surface area contributed by atoms with Crippen LogP contribution in [0.2, 0.25) is 0 Å². The second-order valence-corrected chi connectivity index (χ2v) is 4.44. The lowest BCUT2D eigenvalue weighted by Crippen LogP contribution is -2.38. The van der Waals surface area contributed by atoms with Crippen molar-refractivity contribution in [2.24, 2.45) is 0 Å². The molecule has 0 unspecified atom stereocenters. The summed E-state index contributed by atoms with van der Waals surface area (Å²) < 4.78 is 5.42. The van der Waals surface area contributed by atoms with Gasteiger partial charge in [-0.3, -0.25) is 10.1 Å². The van der Waals surface area contributed by atoms with Crippen molar-refractivity contribution < 1.29 is 9.66 Å². The number of nitrogens with zero attached hydrogens (tertiary/aromatic N) is 2. The lowest BCUT2D eigenvalue weighted by molar-refractivity contribution is -0.384. The summed E-state index contributed by atoms with van der Waals surface area (Å²) in [5.74, 6) is 0.330. The monoisotopic (exact) mass is 251 g/mol. The fourth-order valence-electron chi connectivity index (χ4n) is 2.38. The van der Waals surface area contributed by atoms with E-state index in [1.165, 1.54) is 6.07 Å². The van der Waals surface area contributed by atoms with Crippen molar-refractivity contribution in [3.8, 4) is 0 Å². The smallest absolute Gasteiger partial charge is 0.311 e. The second-order valence-electron chi connectivity index (χ2n) is 4.44. The minimum atomic E-state index is -0.417. The molecule has 1 aromatic rings. The molecule has 6 nitrogen and oxygen atoms in total. The van der Waals surface area contributed by atoms with E-state index < -0.39 is 4.92 Å². The van der Waals surface area contributed by atoms with Crippen molar-refractivity contribution in [3.63, 3.8) is 0 Å². The molecule has 1 aromatic heterocycles. The summed E-state index contributed by atoms with van der Waals surface area (Å²) in [5.41, 5.74) is 0.0120. The SMILES string of the molecule is CO[C@@H]1CCCC[C@H]1Nc1ncccc1[N+](=O)[O-]. The Hall–Kier alpha value is -1.69. The number of rotatable bonds is 4. The van der Waals surface area contributed by atoms with Gasteiger partial charge < -0.3 is 10.1 Å². The predicted molar refractivity (Wildman–Crippen MR) is 67.6 cm³/mol. The first-order valence-corrected chi connectivity index (χ1v) is 6.11. The Labute approximate surface area is 106 Å². The van der Waals surface area contributed by atoms with E-state index in [4.69, 9.17) is 4.74 Å². The summed E-state index contributed by atoms with van der Waals surface area (Å²) in [6, 6.07) is 3.12. The summed E-state index contributed by atoms with van der Waals surface area (Å²) in [6.45, 7) is 0. The van der Waals surface area contributed by atoms with Crippen LogP contribution >= 0.6 is 0 Å². The summed E-state index contributed by atoms with van der Waals surface area (Å²) in [5, 5.41) is 14.1. The molecule has 1 saturated carbocycles. The third-order valence-electron chi connectivity index (χ3n) is 3.31. The molecular formula is C12H17N3O3. The van der Waals surface area contributed by atoms with Gasteiger partial charge in [0, 0.05) is 19.4 Å². The number of nitro groups is 1. The summed E-state index contributed by atoms with van der Waals surface area (Å²) in [6.07, 6.45) is 5.83. The van der Waals surface area contributed by atoms with Gasteiger partial charge in [-0.1, -0.05) is 12.8 Å². The van der Waals surface area contributed by atoms with E-state index in [0.29, 0.717) is 5.82 Å². The van der Waals surface area contributed by atoms with Gasteiger partial charge in [0.2, 0.25) is 5.82 Å². The molecule has 98 valence electrons. The van der Waals surface area contributed by atoms with Crippen LogP contribution in [0.3, 0.4) is 0 Å². The van der Waals surface area contributed by atoms with Crippen molar-refractivity contribution in [1.82, 2.24) is 4.98 Å². The highest BCUT2D eigenvalue weighted by atomic mass is 16.6. The molecule has 2 rings (SSSR count). The van der Waals surface area contributed by atoms with E-state index in [0.717, 1.165) is 25.7 Å². The molecule has 0 amide bonds. The fourth-order valence-corrected chi connectivity index (χ4v) is 2.38. The zero-order valence-electron chi connectivity index (χ0n) is 10.3. The lowest BCUT2D eigenvalue weighted by Gasteiger charge is -2.31. The Morgan fingerprint density at radius 3 is 3.00 bits per heavy atom. The normalized spacial score (nSPS) is 23.6. The predicted octanol–water partition coefficient (Wildman–Crippen LogP) is 2.36. The number of anilines is 1. The molecule has 2 atom stereocenters. The van der Waals surface area contributed by atoms with Crippen LogP contribution in [0.15, 0.2) is 18.3 Å².